The van der Waals surface area contributed by atoms with Gasteiger partial charge < -0.3 is 0 Å². The largest absolute Gasteiger partial charge is 0.279 e. The number of nitrogens with one attached hydrogen (secondary N) is 1. The van der Waals surface area contributed by atoms with E-state index < -0.39 is 15.8 Å². The smallest absolute Gasteiger partial charge is 0.263 e. The van der Waals surface area contributed by atoms with Crippen LogP contribution in [-0.2, 0) is 16.6 Å². The molecule has 8 heteroatoms. The fraction of sp³-hybridized carbons (Fsp3) is 0.0625. The van der Waals surface area contributed by atoms with Crippen LogP contribution < -0.4 is 4.72 Å². The summed E-state index contributed by atoms with van der Waals surface area (Å²) in [6.45, 7) is 0.406. The summed E-state index contributed by atoms with van der Waals surface area (Å²) in [5.41, 5.74) is 1.15. The van der Waals surface area contributed by atoms with Gasteiger partial charge in [0, 0.05) is 12.4 Å². The molecule has 0 fully saturated rings. The summed E-state index contributed by atoms with van der Waals surface area (Å²) in [6.07, 6.45) is 3.42. The van der Waals surface area contributed by atoms with E-state index in [9.17, 15) is 12.8 Å². The van der Waals surface area contributed by atoms with Crippen LogP contribution >= 0.6 is 11.6 Å². The normalized spacial score (nSPS) is 11.4. The lowest BCUT2D eigenvalue weighted by atomic mass is 10.2. The molecule has 0 bridgehead atoms. The highest BCUT2D eigenvalue weighted by Gasteiger charge is 2.19. The van der Waals surface area contributed by atoms with Crippen LogP contribution in [0.25, 0.3) is 0 Å². The van der Waals surface area contributed by atoms with Crippen molar-refractivity contribution >= 4 is 27.3 Å². The molecule has 5 nitrogen and oxygen atoms in total. The number of benzene rings is 2. The lowest BCUT2D eigenvalue weighted by Crippen LogP contribution is -2.15. The Morgan fingerprint density at radius 1 is 1.17 bits per heavy atom. The molecule has 0 saturated carbocycles. The molecule has 0 aliphatic carbocycles. The van der Waals surface area contributed by atoms with Gasteiger partial charge in [0.05, 0.1) is 17.3 Å². The maximum Gasteiger partial charge on any atom is 0.263 e. The van der Waals surface area contributed by atoms with E-state index in [1.807, 2.05) is 6.07 Å². The van der Waals surface area contributed by atoms with E-state index in [4.69, 9.17) is 11.6 Å². The summed E-state index contributed by atoms with van der Waals surface area (Å²) in [6, 6.07) is 11.9. The van der Waals surface area contributed by atoms with Crippen LogP contribution in [0, 0.1) is 5.82 Å². The number of hydrogen-bond donors (Lipinski definition) is 1. The maximum atomic E-state index is 13.1. The minimum Gasteiger partial charge on any atom is -0.279 e. The fourth-order valence-electron chi connectivity index (χ4n) is 2.22. The van der Waals surface area contributed by atoms with Gasteiger partial charge in [0.15, 0.2) is 0 Å². The number of halogens is 2. The zero-order valence-electron chi connectivity index (χ0n) is 12.4. The lowest BCUT2D eigenvalue weighted by Gasteiger charge is -2.13. The Hall–Kier alpha value is -2.38. The second-order valence-corrected chi connectivity index (χ2v) is 7.10. The Morgan fingerprint density at radius 2 is 1.96 bits per heavy atom. The van der Waals surface area contributed by atoms with Gasteiger partial charge in [-0.15, -0.1) is 0 Å². The van der Waals surface area contributed by atoms with E-state index >= 15 is 0 Å². The van der Waals surface area contributed by atoms with E-state index in [1.165, 1.54) is 0 Å². The zero-order chi connectivity index (χ0) is 17.2. The minimum absolute atomic E-state index is 0.174. The number of hydrogen-bond acceptors (Lipinski definition) is 3. The van der Waals surface area contributed by atoms with E-state index in [-0.39, 0.29) is 9.92 Å². The van der Waals surface area contributed by atoms with Crippen molar-refractivity contribution in [3.8, 4) is 0 Å². The second kappa shape index (κ2) is 6.62. The lowest BCUT2D eigenvalue weighted by molar-refractivity contribution is 0.599. The second-order valence-electron chi connectivity index (χ2n) is 5.04. The van der Waals surface area contributed by atoms with Crippen LogP contribution in [0.5, 0.6) is 0 Å². The van der Waals surface area contributed by atoms with Gasteiger partial charge in [0.1, 0.15) is 10.7 Å². The minimum atomic E-state index is -3.94. The van der Waals surface area contributed by atoms with Gasteiger partial charge in [-0.1, -0.05) is 29.8 Å². The van der Waals surface area contributed by atoms with Crippen LogP contribution in [-0.4, -0.2) is 18.2 Å². The molecular weight excluding hydrogens is 353 g/mol. The number of aromatic nitrogens is 2. The average Bonchev–Trinajstić information content (AvgIpc) is 3.01. The van der Waals surface area contributed by atoms with Gasteiger partial charge in [-0.05, 0) is 35.9 Å². The molecule has 3 aromatic rings. The summed E-state index contributed by atoms with van der Waals surface area (Å²) >= 11 is 5.86. The molecule has 2 aromatic carbocycles. The highest BCUT2D eigenvalue weighted by atomic mass is 35.5. The van der Waals surface area contributed by atoms with Crippen molar-refractivity contribution in [1.82, 2.24) is 9.78 Å². The van der Waals surface area contributed by atoms with Crippen molar-refractivity contribution in [2.45, 2.75) is 11.4 Å². The molecule has 1 aromatic heterocycles. The van der Waals surface area contributed by atoms with Crippen molar-refractivity contribution in [2.24, 2.45) is 0 Å². The topological polar surface area (TPSA) is 64.0 Å². The van der Waals surface area contributed by atoms with Gasteiger partial charge in [-0.25, -0.2) is 12.8 Å². The Bertz CT molecular complexity index is 959. The first kappa shape index (κ1) is 16.5. The van der Waals surface area contributed by atoms with Gasteiger partial charge in [-0.2, -0.15) is 5.10 Å². The van der Waals surface area contributed by atoms with Crippen molar-refractivity contribution in [3.63, 3.8) is 0 Å². The van der Waals surface area contributed by atoms with Crippen molar-refractivity contribution < 1.29 is 12.8 Å². The van der Waals surface area contributed by atoms with Gasteiger partial charge in [0.2, 0.25) is 0 Å². The molecule has 24 heavy (non-hydrogen) atoms. The third-order valence-corrected chi connectivity index (χ3v) is 5.19. The summed E-state index contributed by atoms with van der Waals surface area (Å²) < 4.78 is 42.4. The third-order valence-electron chi connectivity index (χ3n) is 3.34. The Labute approximate surface area is 143 Å². The first-order valence-corrected chi connectivity index (χ1v) is 8.85. The maximum absolute atomic E-state index is 13.1. The molecule has 0 saturated heterocycles. The number of rotatable bonds is 5. The molecule has 124 valence electrons. The Morgan fingerprint density at radius 3 is 2.67 bits per heavy atom. The molecule has 3 rings (SSSR count). The van der Waals surface area contributed by atoms with Crippen LogP contribution in [0.2, 0.25) is 5.02 Å². The molecule has 0 aliphatic heterocycles. The van der Waals surface area contributed by atoms with E-state index in [0.717, 1.165) is 23.8 Å². The SMILES string of the molecule is O=S(=O)(Nc1ccccc1Cn1cccn1)c1ccc(F)cc1Cl. The highest BCUT2D eigenvalue weighted by molar-refractivity contribution is 7.92. The number of anilines is 1. The highest BCUT2D eigenvalue weighted by Crippen LogP contribution is 2.26. The molecule has 0 aliphatic rings. The molecule has 0 radical (unpaired) electrons. The third kappa shape index (κ3) is 3.58. The van der Waals surface area contributed by atoms with Crippen LogP contribution in [0.4, 0.5) is 10.1 Å². The fourth-order valence-corrected chi connectivity index (χ4v) is 3.85. The first-order chi connectivity index (χ1) is 11.5. The first-order valence-electron chi connectivity index (χ1n) is 6.99. The molecule has 0 amide bonds. The van der Waals surface area contributed by atoms with Gasteiger partial charge >= 0.3 is 0 Å². The zero-order valence-corrected chi connectivity index (χ0v) is 13.9. The van der Waals surface area contributed by atoms with Gasteiger partial charge in [-0.3, -0.25) is 9.40 Å². The van der Waals surface area contributed by atoms with Gasteiger partial charge in [0.25, 0.3) is 10.0 Å². The molecule has 0 spiro atoms. The quantitative estimate of drug-likeness (QED) is 0.752. The Kier molecular flexibility index (Phi) is 4.55. The molecular formula is C16H13ClFN3O2S. The van der Waals surface area contributed by atoms with E-state index in [2.05, 4.69) is 9.82 Å². The van der Waals surface area contributed by atoms with Crippen molar-refractivity contribution in [2.75, 3.05) is 4.72 Å². The summed E-state index contributed by atoms with van der Waals surface area (Å²) in [5, 5.41) is 3.93. The predicted octanol–water partition coefficient (Wildman–Crippen LogP) is 3.52. The van der Waals surface area contributed by atoms with E-state index in [0.29, 0.717) is 12.2 Å². The van der Waals surface area contributed by atoms with Crippen molar-refractivity contribution in [1.29, 1.82) is 0 Å². The van der Waals surface area contributed by atoms with Crippen LogP contribution in [0.1, 0.15) is 5.56 Å². The molecule has 1 heterocycles. The summed E-state index contributed by atoms with van der Waals surface area (Å²) in [5.74, 6) is -0.599. The summed E-state index contributed by atoms with van der Waals surface area (Å²) in [4.78, 5) is -0.181. The molecule has 0 unspecified atom stereocenters. The number of para-hydroxylation sites is 1. The van der Waals surface area contributed by atoms with Crippen LogP contribution in [0.15, 0.2) is 65.8 Å². The average molecular weight is 366 g/mol. The molecule has 1 N–H and O–H groups in total. The van der Waals surface area contributed by atoms with Crippen LogP contribution in [0.3, 0.4) is 0 Å². The standard InChI is InChI=1S/C16H13ClFN3O2S/c17-14-10-13(18)6-7-16(14)24(22,23)20-15-5-2-1-4-12(15)11-21-9-3-8-19-21/h1-10,20H,11H2. The number of sulfonamides is 1. The van der Waals surface area contributed by atoms with Crippen molar-refractivity contribution in [3.05, 3.63) is 77.3 Å². The summed E-state index contributed by atoms with van der Waals surface area (Å²) in [7, 11) is -3.94. The molecule has 0 atom stereocenters. The Balaban J connectivity index is 1.93. The van der Waals surface area contributed by atoms with E-state index in [1.54, 1.807) is 41.3 Å². The predicted molar refractivity (Wildman–Crippen MR) is 90.0 cm³/mol. The monoisotopic (exact) mass is 365 g/mol. The number of nitrogens with zero attached hydrogens (tertiary/aromatic N) is 2.